The van der Waals surface area contributed by atoms with Gasteiger partial charge in [0.1, 0.15) is 9.90 Å². The normalized spacial score (nSPS) is 11.4. The van der Waals surface area contributed by atoms with Gasteiger partial charge in [0.25, 0.3) is 10.0 Å². The van der Waals surface area contributed by atoms with Gasteiger partial charge in [0.05, 0.1) is 16.5 Å². The predicted octanol–water partition coefficient (Wildman–Crippen LogP) is 2.31. The molecular formula is C12H11Cl2N3O3S2. The summed E-state index contributed by atoms with van der Waals surface area (Å²) < 4.78 is 24.2. The van der Waals surface area contributed by atoms with Crippen molar-refractivity contribution < 1.29 is 13.2 Å². The molecule has 22 heavy (non-hydrogen) atoms. The highest BCUT2D eigenvalue weighted by atomic mass is 35.5. The van der Waals surface area contributed by atoms with E-state index in [0.717, 1.165) is 5.69 Å². The first-order valence-electron chi connectivity index (χ1n) is 5.95. The van der Waals surface area contributed by atoms with Crippen LogP contribution in [0.25, 0.3) is 0 Å². The van der Waals surface area contributed by atoms with Crippen LogP contribution >= 0.6 is 34.5 Å². The number of benzene rings is 1. The molecule has 0 aliphatic rings. The molecule has 0 saturated heterocycles. The van der Waals surface area contributed by atoms with Crippen molar-refractivity contribution in [3.8, 4) is 0 Å². The van der Waals surface area contributed by atoms with Gasteiger partial charge in [-0.3, -0.25) is 10.2 Å². The number of aromatic nitrogens is 1. The maximum atomic E-state index is 12.1. The number of nitrogens with zero attached hydrogens (tertiary/aromatic N) is 1. The van der Waals surface area contributed by atoms with Crippen LogP contribution in [0.3, 0.4) is 0 Å². The number of thiazole rings is 1. The molecule has 0 aliphatic heterocycles. The first kappa shape index (κ1) is 17.2. The Hall–Kier alpha value is -1.19. The fourth-order valence-electron chi connectivity index (χ4n) is 1.54. The lowest BCUT2D eigenvalue weighted by atomic mass is 10.4. The largest absolute Gasteiger partial charge is 0.277 e. The molecule has 0 atom stereocenters. The van der Waals surface area contributed by atoms with Crippen molar-refractivity contribution in [1.82, 2.24) is 15.2 Å². The minimum absolute atomic E-state index is 0.0235. The summed E-state index contributed by atoms with van der Waals surface area (Å²) in [6.45, 7) is 1.81. The first-order chi connectivity index (χ1) is 10.3. The predicted molar refractivity (Wildman–Crippen MR) is 85.5 cm³/mol. The molecule has 1 amide bonds. The number of hydrazine groups is 1. The molecular weight excluding hydrogens is 369 g/mol. The molecule has 0 unspecified atom stereocenters. The zero-order chi connectivity index (χ0) is 16.3. The summed E-state index contributed by atoms with van der Waals surface area (Å²) in [6.07, 6.45) is -0.0235. The van der Waals surface area contributed by atoms with Crippen LogP contribution in [0.1, 0.15) is 10.7 Å². The summed E-state index contributed by atoms with van der Waals surface area (Å²) in [6, 6.07) is 4.20. The van der Waals surface area contributed by atoms with E-state index in [1.165, 1.54) is 29.5 Å². The van der Waals surface area contributed by atoms with Crippen molar-refractivity contribution in [3.63, 3.8) is 0 Å². The number of carbonyl (C=O) groups is 1. The molecule has 118 valence electrons. The number of halogens is 2. The fraction of sp³-hybridized carbons (Fsp3) is 0.167. The Bertz CT molecular complexity index is 806. The monoisotopic (exact) mass is 379 g/mol. The molecule has 0 fully saturated rings. The summed E-state index contributed by atoms with van der Waals surface area (Å²) in [5.41, 5.74) is 2.92. The SMILES string of the molecule is Cc1csc(CC(=O)NNS(=O)(=O)c2cccc(Cl)c2Cl)n1. The zero-order valence-corrected chi connectivity index (χ0v) is 14.4. The number of carbonyl (C=O) groups excluding carboxylic acids is 1. The van der Waals surface area contributed by atoms with Crippen molar-refractivity contribution in [2.45, 2.75) is 18.2 Å². The van der Waals surface area contributed by atoms with Gasteiger partial charge >= 0.3 is 0 Å². The third-order valence-corrected chi connectivity index (χ3v) is 5.70. The van der Waals surface area contributed by atoms with E-state index in [0.29, 0.717) is 5.01 Å². The second-order valence-electron chi connectivity index (χ2n) is 4.27. The van der Waals surface area contributed by atoms with Gasteiger partial charge in [-0.2, -0.15) is 0 Å². The smallest absolute Gasteiger partial charge is 0.258 e. The van der Waals surface area contributed by atoms with Gasteiger partial charge in [0.2, 0.25) is 5.91 Å². The van der Waals surface area contributed by atoms with Crippen LogP contribution in [0.15, 0.2) is 28.5 Å². The second-order valence-corrected chi connectivity index (χ2v) is 7.64. The number of rotatable bonds is 5. The third kappa shape index (κ3) is 4.17. The standard InChI is InChI=1S/C12H11Cl2N3O3S2/c1-7-6-21-11(15-7)5-10(18)16-17-22(19,20)9-4-2-3-8(13)12(9)14/h2-4,6,17H,5H2,1H3,(H,16,18). The highest BCUT2D eigenvalue weighted by molar-refractivity contribution is 7.89. The van der Waals surface area contributed by atoms with Crippen molar-refractivity contribution in [2.75, 3.05) is 0 Å². The summed E-state index contributed by atoms with van der Waals surface area (Å²) in [7, 11) is -4.01. The molecule has 0 radical (unpaired) electrons. The van der Waals surface area contributed by atoms with E-state index >= 15 is 0 Å². The molecule has 2 rings (SSSR count). The van der Waals surface area contributed by atoms with Crippen LogP contribution in [-0.4, -0.2) is 19.3 Å². The highest BCUT2D eigenvalue weighted by Crippen LogP contribution is 2.28. The molecule has 1 aromatic heterocycles. The van der Waals surface area contributed by atoms with E-state index in [4.69, 9.17) is 23.2 Å². The zero-order valence-electron chi connectivity index (χ0n) is 11.3. The Morgan fingerprint density at radius 3 is 2.73 bits per heavy atom. The number of hydrogen-bond donors (Lipinski definition) is 2. The third-order valence-electron chi connectivity index (χ3n) is 2.51. The highest BCUT2D eigenvalue weighted by Gasteiger charge is 2.20. The van der Waals surface area contributed by atoms with E-state index in [-0.39, 0.29) is 21.4 Å². The first-order valence-corrected chi connectivity index (χ1v) is 9.07. The molecule has 0 saturated carbocycles. The molecule has 1 aromatic carbocycles. The lowest BCUT2D eigenvalue weighted by Gasteiger charge is -2.09. The van der Waals surface area contributed by atoms with Gasteiger partial charge in [0.15, 0.2) is 0 Å². The number of nitrogens with one attached hydrogen (secondary N) is 2. The van der Waals surface area contributed by atoms with Crippen LogP contribution in [0, 0.1) is 6.92 Å². The van der Waals surface area contributed by atoms with Gasteiger partial charge in [-0.05, 0) is 19.1 Å². The number of sulfonamides is 1. The van der Waals surface area contributed by atoms with Crippen molar-refractivity contribution in [3.05, 3.63) is 44.3 Å². The number of amides is 1. The summed E-state index contributed by atoms with van der Waals surface area (Å²) in [5, 5.41) is 2.39. The maximum Gasteiger partial charge on any atom is 0.258 e. The Morgan fingerprint density at radius 1 is 1.36 bits per heavy atom. The molecule has 0 aliphatic carbocycles. The maximum absolute atomic E-state index is 12.1. The molecule has 2 aromatic rings. The van der Waals surface area contributed by atoms with E-state index in [1.54, 1.807) is 5.38 Å². The Morgan fingerprint density at radius 2 is 2.09 bits per heavy atom. The molecule has 0 bridgehead atoms. The number of aryl methyl sites for hydroxylation is 1. The van der Waals surface area contributed by atoms with E-state index < -0.39 is 15.9 Å². The van der Waals surface area contributed by atoms with Crippen LogP contribution in [0.4, 0.5) is 0 Å². The van der Waals surface area contributed by atoms with E-state index in [9.17, 15) is 13.2 Å². The van der Waals surface area contributed by atoms with Crippen LogP contribution in [0.5, 0.6) is 0 Å². The topological polar surface area (TPSA) is 88.2 Å². The number of hydrogen-bond acceptors (Lipinski definition) is 5. The summed E-state index contributed by atoms with van der Waals surface area (Å²) >= 11 is 13.0. The van der Waals surface area contributed by atoms with Gasteiger partial charge in [-0.1, -0.05) is 29.3 Å². The van der Waals surface area contributed by atoms with Crippen molar-refractivity contribution >= 4 is 50.5 Å². The van der Waals surface area contributed by atoms with E-state index in [2.05, 4.69) is 10.4 Å². The summed E-state index contributed by atoms with van der Waals surface area (Å²) in [4.78, 5) is 17.6. The van der Waals surface area contributed by atoms with Crippen molar-refractivity contribution in [2.24, 2.45) is 0 Å². The Labute approximate surface area is 141 Å². The molecule has 10 heteroatoms. The van der Waals surface area contributed by atoms with Crippen LogP contribution in [0.2, 0.25) is 10.0 Å². The van der Waals surface area contributed by atoms with Gasteiger partial charge in [-0.25, -0.2) is 13.4 Å². The molecule has 2 N–H and O–H groups in total. The van der Waals surface area contributed by atoms with Gasteiger partial charge in [-0.15, -0.1) is 16.2 Å². The second kappa shape index (κ2) is 6.93. The van der Waals surface area contributed by atoms with Gasteiger partial charge < -0.3 is 0 Å². The fourth-order valence-corrected chi connectivity index (χ4v) is 3.93. The van der Waals surface area contributed by atoms with E-state index in [1.807, 2.05) is 11.8 Å². The molecule has 6 nitrogen and oxygen atoms in total. The summed E-state index contributed by atoms with van der Waals surface area (Å²) in [5.74, 6) is -0.531. The van der Waals surface area contributed by atoms with Crippen molar-refractivity contribution in [1.29, 1.82) is 0 Å². The molecule has 0 spiro atoms. The lowest BCUT2D eigenvalue weighted by Crippen LogP contribution is -2.42. The quantitative estimate of drug-likeness (QED) is 0.780. The average Bonchev–Trinajstić information content (AvgIpc) is 2.85. The Balaban J connectivity index is 2.03. The minimum Gasteiger partial charge on any atom is -0.277 e. The minimum atomic E-state index is -4.01. The molecule has 1 heterocycles. The lowest BCUT2D eigenvalue weighted by molar-refractivity contribution is -0.120. The van der Waals surface area contributed by atoms with Gasteiger partial charge in [0, 0.05) is 11.1 Å². The Kier molecular flexibility index (Phi) is 5.41. The van der Waals surface area contributed by atoms with Crippen LogP contribution < -0.4 is 10.3 Å². The van der Waals surface area contributed by atoms with Crippen LogP contribution in [-0.2, 0) is 21.2 Å². The average molecular weight is 380 g/mol.